The highest BCUT2D eigenvalue weighted by Crippen LogP contribution is 2.17. The van der Waals surface area contributed by atoms with Crippen LogP contribution in [0, 0.1) is 0 Å². The van der Waals surface area contributed by atoms with Gasteiger partial charge in [-0.2, -0.15) is 0 Å². The molecule has 0 aliphatic rings. The second-order valence-electron chi connectivity index (χ2n) is 19.2. The third-order valence-electron chi connectivity index (χ3n) is 12.6. The third-order valence-corrected chi connectivity index (χ3v) is 12.6. The molecule has 0 aromatic heterocycles. The highest BCUT2D eigenvalue weighted by Gasteiger charge is 2.19. The molecule has 1 unspecified atom stereocenters. The minimum atomic E-state index is -0.774. The van der Waals surface area contributed by atoms with Crippen LogP contribution in [0.2, 0.25) is 0 Å². The summed E-state index contributed by atoms with van der Waals surface area (Å²) in [6.45, 7) is 6.61. The molecule has 0 saturated heterocycles. The highest BCUT2D eigenvalue weighted by atomic mass is 16.6. The van der Waals surface area contributed by atoms with Gasteiger partial charge in [-0.25, -0.2) is 0 Å². The van der Waals surface area contributed by atoms with Crippen molar-refractivity contribution in [1.82, 2.24) is 0 Å². The van der Waals surface area contributed by atoms with Gasteiger partial charge in [0.25, 0.3) is 0 Å². The summed E-state index contributed by atoms with van der Waals surface area (Å²) in [5, 5.41) is 0. The first-order valence-corrected chi connectivity index (χ1v) is 28.5. The van der Waals surface area contributed by atoms with Gasteiger partial charge in [-0.05, 0) is 57.8 Å². The van der Waals surface area contributed by atoms with Crippen molar-refractivity contribution in [1.29, 1.82) is 0 Å². The maximum Gasteiger partial charge on any atom is 0.306 e. The summed E-state index contributed by atoms with van der Waals surface area (Å²) in [4.78, 5) is 38.0. The monoisotopic (exact) mass is 913 g/mol. The molecule has 65 heavy (non-hydrogen) atoms. The number of esters is 3. The minimum absolute atomic E-state index is 0.0733. The SMILES string of the molecule is CCCCC/C=C\C/C=C\C/C=C\CCCCCCCCC(=O)OC(COC(=O)CCCCCCCCCC)COC(=O)CCCCCCCCCCCCCCCCCCCCCC. The lowest BCUT2D eigenvalue weighted by atomic mass is 10.0. The van der Waals surface area contributed by atoms with Crippen molar-refractivity contribution in [2.45, 2.75) is 309 Å². The molecule has 0 aromatic carbocycles. The molecule has 0 bridgehead atoms. The predicted octanol–water partition coefficient (Wildman–Crippen LogP) is 18.9. The topological polar surface area (TPSA) is 78.9 Å². The molecular formula is C59H108O6. The fraction of sp³-hybridized carbons (Fsp3) is 0.847. The molecule has 6 nitrogen and oxygen atoms in total. The fourth-order valence-corrected chi connectivity index (χ4v) is 8.33. The molecule has 0 radical (unpaired) electrons. The maximum atomic E-state index is 12.8. The third kappa shape index (κ3) is 52.5. The molecule has 0 fully saturated rings. The van der Waals surface area contributed by atoms with Gasteiger partial charge in [0.1, 0.15) is 13.2 Å². The zero-order chi connectivity index (χ0) is 47.2. The Morgan fingerprint density at radius 2 is 0.554 bits per heavy atom. The van der Waals surface area contributed by atoms with E-state index in [1.807, 2.05) is 0 Å². The molecule has 0 spiro atoms. The van der Waals surface area contributed by atoms with Gasteiger partial charge in [-0.15, -0.1) is 0 Å². The van der Waals surface area contributed by atoms with E-state index >= 15 is 0 Å². The second-order valence-corrected chi connectivity index (χ2v) is 19.2. The molecule has 0 rings (SSSR count). The smallest absolute Gasteiger partial charge is 0.306 e. The molecule has 0 aliphatic carbocycles. The number of hydrogen-bond acceptors (Lipinski definition) is 6. The average Bonchev–Trinajstić information content (AvgIpc) is 3.30. The zero-order valence-electron chi connectivity index (χ0n) is 43.5. The molecule has 0 amide bonds. The zero-order valence-corrected chi connectivity index (χ0v) is 43.5. The Morgan fingerprint density at radius 3 is 0.892 bits per heavy atom. The summed E-state index contributed by atoms with van der Waals surface area (Å²) in [5.41, 5.74) is 0. The van der Waals surface area contributed by atoms with Crippen LogP contribution in [0.4, 0.5) is 0 Å². The second kappa shape index (κ2) is 54.2. The van der Waals surface area contributed by atoms with E-state index in [0.717, 1.165) is 77.0 Å². The molecule has 380 valence electrons. The Bertz CT molecular complexity index is 1090. The summed E-state index contributed by atoms with van der Waals surface area (Å²) < 4.78 is 16.8. The predicted molar refractivity (Wildman–Crippen MR) is 279 cm³/mol. The molecule has 0 saturated carbocycles. The summed E-state index contributed by atoms with van der Waals surface area (Å²) in [5.74, 6) is -0.875. The normalized spacial score (nSPS) is 12.2. The van der Waals surface area contributed by atoms with Crippen molar-refractivity contribution in [2.24, 2.45) is 0 Å². The molecule has 0 aliphatic heterocycles. The average molecular weight is 914 g/mol. The van der Waals surface area contributed by atoms with E-state index in [9.17, 15) is 14.4 Å². The van der Waals surface area contributed by atoms with Gasteiger partial charge in [0.15, 0.2) is 6.10 Å². The van der Waals surface area contributed by atoms with Crippen LogP contribution in [0.25, 0.3) is 0 Å². The summed E-state index contributed by atoms with van der Waals surface area (Å²) >= 11 is 0. The first-order valence-electron chi connectivity index (χ1n) is 28.5. The van der Waals surface area contributed by atoms with Crippen molar-refractivity contribution >= 4 is 17.9 Å². The molecule has 1 atom stereocenters. The first kappa shape index (κ1) is 62.6. The number of ether oxygens (including phenoxy) is 3. The van der Waals surface area contributed by atoms with E-state index in [1.165, 1.54) is 186 Å². The number of carbonyl (C=O) groups is 3. The molecule has 6 heteroatoms. The Labute approximate surface area is 404 Å². The van der Waals surface area contributed by atoms with Crippen LogP contribution in [0.1, 0.15) is 303 Å². The Morgan fingerprint density at radius 1 is 0.308 bits per heavy atom. The number of allylic oxidation sites excluding steroid dienone is 6. The first-order chi connectivity index (χ1) is 32.0. The molecule has 0 N–H and O–H groups in total. The lowest BCUT2D eigenvalue weighted by molar-refractivity contribution is -0.167. The van der Waals surface area contributed by atoms with Crippen molar-refractivity contribution in [2.75, 3.05) is 13.2 Å². The van der Waals surface area contributed by atoms with Crippen LogP contribution < -0.4 is 0 Å². The largest absolute Gasteiger partial charge is 0.462 e. The van der Waals surface area contributed by atoms with Gasteiger partial charge in [0, 0.05) is 19.3 Å². The molecular weight excluding hydrogens is 805 g/mol. The summed E-state index contributed by atoms with van der Waals surface area (Å²) in [6, 6.07) is 0. The van der Waals surface area contributed by atoms with Gasteiger partial charge >= 0.3 is 17.9 Å². The van der Waals surface area contributed by atoms with Gasteiger partial charge in [-0.3, -0.25) is 14.4 Å². The van der Waals surface area contributed by atoms with Crippen LogP contribution >= 0.6 is 0 Å². The summed E-state index contributed by atoms with van der Waals surface area (Å²) in [7, 11) is 0. The lowest BCUT2D eigenvalue weighted by Gasteiger charge is -2.18. The van der Waals surface area contributed by atoms with E-state index in [4.69, 9.17) is 14.2 Å². The molecule has 0 heterocycles. The van der Waals surface area contributed by atoms with Crippen LogP contribution in [0.5, 0.6) is 0 Å². The number of unbranched alkanes of at least 4 members (excludes halogenated alkanes) is 35. The maximum absolute atomic E-state index is 12.8. The van der Waals surface area contributed by atoms with Gasteiger partial charge in [-0.1, -0.05) is 263 Å². The van der Waals surface area contributed by atoms with E-state index in [1.54, 1.807) is 0 Å². The van der Waals surface area contributed by atoms with E-state index in [0.29, 0.717) is 19.3 Å². The fourth-order valence-electron chi connectivity index (χ4n) is 8.33. The summed E-state index contributed by atoms with van der Waals surface area (Å²) in [6.07, 6.45) is 64.3. The molecule has 0 aromatic rings. The lowest BCUT2D eigenvalue weighted by Crippen LogP contribution is -2.30. The number of hydrogen-bond donors (Lipinski definition) is 0. The highest BCUT2D eigenvalue weighted by molar-refractivity contribution is 5.71. The Hall–Kier alpha value is -2.37. The van der Waals surface area contributed by atoms with E-state index in [2.05, 4.69) is 57.2 Å². The van der Waals surface area contributed by atoms with Crippen molar-refractivity contribution in [3.63, 3.8) is 0 Å². The van der Waals surface area contributed by atoms with Gasteiger partial charge in [0.2, 0.25) is 0 Å². The number of rotatable bonds is 52. The van der Waals surface area contributed by atoms with E-state index in [-0.39, 0.29) is 31.1 Å². The van der Waals surface area contributed by atoms with E-state index < -0.39 is 6.10 Å². The number of carbonyl (C=O) groups excluding carboxylic acids is 3. The standard InChI is InChI=1S/C59H108O6/c1-4-7-10-13-16-19-21-23-25-27-29-31-32-34-36-38-40-43-46-49-52-58(61)64-55-56(54-63-57(60)51-48-45-42-18-15-12-9-6-3)65-59(62)53-50-47-44-41-39-37-35-33-30-28-26-24-22-20-17-14-11-8-5-2/h17,20,24,26,30,33,56H,4-16,18-19,21-23,25,27-29,31-32,34-55H2,1-3H3/b20-17-,26-24-,33-30-. The Kier molecular flexibility index (Phi) is 52.3. The van der Waals surface area contributed by atoms with Gasteiger partial charge in [0.05, 0.1) is 0 Å². The minimum Gasteiger partial charge on any atom is -0.462 e. The van der Waals surface area contributed by atoms with Crippen molar-refractivity contribution in [3.8, 4) is 0 Å². The van der Waals surface area contributed by atoms with Crippen LogP contribution in [-0.4, -0.2) is 37.2 Å². The van der Waals surface area contributed by atoms with Crippen molar-refractivity contribution in [3.05, 3.63) is 36.5 Å². The van der Waals surface area contributed by atoms with Crippen LogP contribution in [-0.2, 0) is 28.6 Å². The quantitative estimate of drug-likeness (QED) is 0.0262. The van der Waals surface area contributed by atoms with Crippen molar-refractivity contribution < 1.29 is 28.6 Å². The Balaban J connectivity index is 4.23. The van der Waals surface area contributed by atoms with Gasteiger partial charge < -0.3 is 14.2 Å². The van der Waals surface area contributed by atoms with Crippen LogP contribution in [0.3, 0.4) is 0 Å². The van der Waals surface area contributed by atoms with Crippen LogP contribution in [0.15, 0.2) is 36.5 Å².